The van der Waals surface area contributed by atoms with Gasteiger partial charge in [0.15, 0.2) is 0 Å². The maximum atomic E-state index is 11.9. The van der Waals surface area contributed by atoms with E-state index in [1.807, 2.05) is 0 Å². The van der Waals surface area contributed by atoms with Gasteiger partial charge in [0.05, 0.1) is 5.56 Å². The highest BCUT2D eigenvalue weighted by Crippen LogP contribution is 2.22. The summed E-state index contributed by atoms with van der Waals surface area (Å²) < 4.78 is 5.85. The van der Waals surface area contributed by atoms with Crippen LogP contribution in [-0.4, -0.2) is 29.7 Å². The zero-order chi connectivity index (χ0) is 13.8. The molecule has 1 amide bonds. The molecule has 0 spiro atoms. The predicted molar refractivity (Wildman–Crippen MR) is 73.3 cm³/mol. The minimum atomic E-state index is -1.04. The lowest BCUT2D eigenvalue weighted by molar-refractivity contribution is -0.129. The molecule has 0 saturated carbocycles. The molecule has 1 aromatic carbocycles. The van der Waals surface area contributed by atoms with Crippen LogP contribution in [0.4, 0.5) is 5.69 Å². The number of carbonyl (C=O) groups excluding carboxylic acids is 1. The van der Waals surface area contributed by atoms with Gasteiger partial charge in [-0.05, 0) is 53.4 Å². The van der Waals surface area contributed by atoms with E-state index in [-0.39, 0.29) is 11.5 Å². The average Bonchev–Trinajstić information content (AvgIpc) is 2.41. The molecular formula is C13H14BrNO4. The zero-order valence-electron chi connectivity index (χ0n) is 10.2. The highest BCUT2D eigenvalue weighted by atomic mass is 79.9. The molecule has 19 heavy (non-hydrogen) atoms. The van der Waals surface area contributed by atoms with E-state index in [9.17, 15) is 9.59 Å². The van der Waals surface area contributed by atoms with Crippen molar-refractivity contribution in [2.24, 2.45) is 0 Å². The van der Waals surface area contributed by atoms with Crippen LogP contribution in [0.25, 0.3) is 0 Å². The minimum Gasteiger partial charge on any atom is -0.478 e. The highest BCUT2D eigenvalue weighted by Gasteiger charge is 2.22. The van der Waals surface area contributed by atoms with E-state index in [4.69, 9.17) is 9.84 Å². The number of hydrogen-bond donors (Lipinski definition) is 2. The number of ether oxygens (including phenoxy) is 1. The van der Waals surface area contributed by atoms with Crippen molar-refractivity contribution in [2.75, 3.05) is 11.9 Å². The van der Waals surface area contributed by atoms with E-state index in [0.29, 0.717) is 23.2 Å². The first-order chi connectivity index (χ1) is 9.08. The number of aromatic carboxylic acids is 1. The smallest absolute Gasteiger partial charge is 0.336 e. The van der Waals surface area contributed by atoms with Crippen LogP contribution >= 0.6 is 15.9 Å². The fourth-order valence-corrected chi connectivity index (χ4v) is 2.35. The summed E-state index contributed by atoms with van der Waals surface area (Å²) in [6.07, 6.45) is 2.21. The molecule has 0 aliphatic carbocycles. The van der Waals surface area contributed by atoms with Crippen molar-refractivity contribution in [1.82, 2.24) is 0 Å². The van der Waals surface area contributed by atoms with E-state index in [0.717, 1.165) is 12.8 Å². The molecule has 1 heterocycles. The molecule has 2 N–H and O–H groups in total. The molecule has 0 aromatic heterocycles. The van der Waals surface area contributed by atoms with Crippen molar-refractivity contribution in [2.45, 2.75) is 25.4 Å². The maximum Gasteiger partial charge on any atom is 0.336 e. The first-order valence-corrected chi connectivity index (χ1v) is 6.82. The van der Waals surface area contributed by atoms with E-state index >= 15 is 0 Å². The number of halogens is 1. The minimum absolute atomic E-state index is 0.113. The zero-order valence-corrected chi connectivity index (χ0v) is 11.8. The fraction of sp³-hybridized carbons (Fsp3) is 0.385. The van der Waals surface area contributed by atoms with Crippen LogP contribution in [0.5, 0.6) is 0 Å². The summed E-state index contributed by atoms with van der Waals surface area (Å²) in [5.41, 5.74) is 0.571. The number of carboxylic acids is 1. The summed E-state index contributed by atoms with van der Waals surface area (Å²) in [6.45, 7) is 0.596. The lowest BCUT2D eigenvalue weighted by atomic mass is 10.1. The molecule has 1 unspecified atom stereocenters. The Hall–Kier alpha value is -1.40. The van der Waals surface area contributed by atoms with Gasteiger partial charge in [-0.2, -0.15) is 0 Å². The number of amides is 1. The second-order valence-corrected chi connectivity index (χ2v) is 5.20. The summed E-state index contributed by atoms with van der Waals surface area (Å²) in [5, 5.41) is 11.7. The molecule has 1 aliphatic rings. The Morgan fingerprint density at radius 2 is 2.16 bits per heavy atom. The number of nitrogens with one attached hydrogen (secondary N) is 1. The van der Waals surface area contributed by atoms with Gasteiger partial charge in [-0.15, -0.1) is 0 Å². The Morgan fingerprint density at radius 3 is 2.79 bits per heavy atom. The third-order valence-electron chi connectivity index (χ3n) is 2.94. The van der Waals surface area contributed by atoms with Gasteiger partial charge >= 0.3 is 5.97 Å². The first-order valence-electron chi connectivity index (χ1n) is 6.03. The van der Waals surface area contributed by atoms with Crippen LogP contribution in [0.1, 0.15) is 29.6 Å². The van der Waals surface area contributed by atoms with Crippen LogP contribution < -0.4 is 5.32 Å². The summed E-state index contributed by atoms with van der Waals surface area (Å²) >= 11 is 3.16. The Kier molecular flexibility index (Phi) is 4.55. The molecule has 0 radical (unpaired) electrons. The van der Waals surface area contributed by atoms with E-state index in [2.05, 4.69) is 21.2 Å². The van der Waals surface area contributed by atoms with Gasteiger partial charge in [0.2, 0.25) is 0 Å². The molecule has 0 bridgehead atoms. The molecule has 1 fully saturated rings. The monoisotopic (exact) mass is 327 g/mol. The largest absolute Gasteiger partial charge is 0.478 e. The van der Waals surface area contributed by atoms with Gasteiger partial charge in [-0.1, -0.05) is 0 Å². The maximum absolute atomic E-state index is 11.9. The van der Waals surface area contributed by atoms with Gasteiger partial charge in [-0.25, -0.2) is 4.79 Å². The lowest BCUT2D eigenvalue weighted by Crippen LogP contribution is -2.33. The second-order valence-electron chi connectivity index (χ2n) is 4.34. The topological polar surface area (TPSA) is 75.6 Å². The normalized spacial score (nSPS) is 18.9. The lowest BCUT2D eigenvalue weighted by Gasteiger charge is -2.21. The Morgan fingerprint density at radius 1 is 1.37 bits per heavy atom. The molecule has 1 atom stereocenters. The molecule has 6 heteroatoms. The number of anilines is 1. The fourth-order valence-electron chi connectivity index (χ4n) is 1.94. The van der Waals surface area contributed by atoms with Gasteiger partial charge in [0, 0.05) is 16.8 Å². The number of carboxylic acid groups (broad SMARTS) is 1. The SMILES string of the molecule is O=C(O)c1cc(NC(=O)C2CCCCO2)ccc1Br. The quantitative estimate of drug-likeness (QED) is 0.894. The van der Waals surface area contributed by atoms with Crippen LogP contribution in [-0.2, 0) is 9.53 Å². The number of hydrogen-bond acceptors (Lipinski definition) is 3. The predicted octanol–water partition coefficient (Wildman–Crippen LogP) is 2.65. The summed E-state index contributed by atoms with van der Waals surface area (Å²) in [6, 6.07) is 4.67. The summed E-state index contributed by atoms with van der Waals surface area (Å²) in [4.78, 5) is 22.9. The van der Waals surface area contributed by atoms with Crippen LogP contribution in [0.3, 0.4) is 0 Å². The Bertz CT molecular complexity index is 497. The molecule has 5 nitrogen and oxygen atoms in total. The van der Waals surface area contributed by atoms with E-state index < -0.39 is 12.1 Å². The summed E-state index contributed by atoms with van der Waals surface area (Å²) in [5.74, 6) is -1.27. The second kappa shape index (κ2) is 6.16. The molecule has 1 aliphatic heterocycles. The van der Waals surface area contributed by atoms with Crippen LogP contribution in [0.2, 0.25) is 0 Å². The first kappa shape index (κ1) is 14.0. The van der Waals surface area contributed by atoms with Crippen LogP contribution in [0, 0.1) is 0 Å². The number of rotatable bonds is 3. The van der Waals surface area contributed by atoms with Crippen molar-refractivity contribution in [3.8, 4) is 0 Å². The molecule has 102 valence electrons. The third kappa shape index (κ3) is 3.54. The van der Waals surface area contributed by atoms with Gasteiger partial charge < -0.3 is 15.2 Å². The van der Waals surface area contributed by atoms with Crippen molar-refractivity contribution < 1.29 is 19.4 Å². The van der Waals surface area contributed by atoms with Crippen molar-refractivity contribution in [3.63, 3.8) is 0 Å². The standard InChI is InChI=1S/C13H14BrNO4/c14-10-5-4-8(7-9(10)13(17)18)15-12(16)11-3-1-2-6-19-11/h4-5,7,11H,1-3,6H2,(H,15,16)(H,17,18). The number of carbonyl (C=O) groups is 2. The highest BCUT2D eigenvalue weighted by molar-refractivity contribution is 9.10. The van der Waals surface area contributed by atoms with Gasteiger partial charge in [-0.3, -0.25) is 4.79 Å². The van der Waals surface area contributed by atoms with Crippen molar-refractivity contribution in [1.29, 1.82) is 0 Å². The van der Waals surface area contributed by atoms with Crippen molar-refractivity contribution in [3.05, 3.63) is 28.2 Å². The number of benzene rings is 1. The third-order valence-corrected chi connectivity index (χ3v) is 3.63. The Labute approximate surface area is 119 Å². The van der Waals surface area contributed by atoms with Gasteiger partial charge in [0.1, 0.15) is 6.10 Å². The Balaban J connectivity index is 2.08. The summed E-state index contributed by atoms with van der Waals surface area (Å²) in [7, 11) is 0. The molecule has 1 saturated heterocycles. The molecule has 2 rings (SSSR count). The van der Waals surface area contributed by atoms with Crippen LogP contribution in [0.15, 0.2) is 22.7 Å². The molecule has 1 aromatic rings. The average molecular weight is 328 g/mol. The molecular weight excluding hydrogens is 314 g/mol. The van der Waals surface area contributed by atoms with Crippen molar-refractivity contribution >= 4 is 33.5 Å². The van der Waals surface area contributed by atoms with Gasteiger partial charge in [0.25, 0.3) is 5.91 Å². The van der Waals surface area contributed by atoms with E-state index in [1.165, 1.54) is 6.07 Å². The van der Waals surface area contributed by atoms with E-state index in [1.54, 1.807) is 12.1 Å².